The number of rotatable bonds is 4. The van der Waals surface area contributed by atoms with Crippen LogP contribution in [0.1, 0.15) is 54.7 Å². The molecule has 112 valence electrons. The molecule has 21 heavy (non-hydrogen) atoms. The van der Waals surface area contributed by atoms with Crippen LogP contribution < -0.4 is 5.32 Å². The number of aromatic nitrogens is 2. The molecular weight excluding hydrogens is 354 g/mol. The fourth-order valence-electron chi connectivity index (χ4n) is 2.69. The van der Waals surface area contributed by atoms with Crippen molar-refractivity contribution in [1.29, 1.82) is 0 Å². The molecule has 0 aliphatic heterocycles. The Bertz CT molecular complexity index is 646. The summed E-state index contributed by atoms with van der Waals surface area (Å²) < 4.78 is 6.17. The predicted octanol–water partition coefficient (Wildman–Crippen LogP) is 3.66. The van der Waals surface area contributed by atoms with Crippen molar-refractivity contribution >= 4 is 33.2 Å². The lowest BCUT2D eigenvalue weighted by Gasteiger charge is -2.26. The molecule has 0 atom stereocenters. The van der Waals surface area contributed by atoms with E-state index in [9.17, 15) is 4.79 Å². The molecule has 7 heteroatoms. The summed E-state index contributed by atoms with van der Waals surface area (Å²) in [5.74, 6) is 1.14. The Hall–Kier alpha value is -1.21. The van der Waals surface area contributed by atoms with Crippen LogP contribution in [0, 0.1) is 0 Å². The maximum absolute atomic E-state index is 12.5. The van der Waals surface area contributed by atoms with Crippen LogP contribution in [0.25, 0.3) is 0 Å². The van der Waals surface area contributed by atoms with Gasteiger partial charge < -0.3 is 9.84 Å². The lowest BCUT2D eigenvalue weighted by molar-refractivity contribution is 0.0892. The minimum absolute atomic E-state index is 0.0818. The van der Waals surface area contributed by atoms with Gasteiger partial charge in [0.05, 0.1) is 9.35 Å². The van der Waals surface area contributed by atoms with E-state index in [0.717, 1.165) is 29.5 Å². The number of thiophene rings is 1. The van der Waals surface area contributed by atoms with E-state index in [1.165, 1.54) is 11.3 Å². The van der Waals surface area contributed by atoms with Crippen molar-refractivity contribution < 1.29 is 9.32 Å². The van der Waals surface area contributed by atoms with E-state index in [1.807, 2.05) is 18.4 Å². The molecule has 1 N–H and O–H groups in total. The van der Waals surface area contributed by atoms with E-state index >= 15 is 0 Å². The molecule has 1 fully saturated rings. The Kier molecular flexibility index (Phi) is 4.12. The summed E-state index contributed by atoms with van der Waals surface area (Å²) >= 11 is 4.88. The summed E-state index contributed by atoms with van der Waals surface area (Å²) in [5.41, 5.74) is 0.181. The van der Waals surface area contributed by atoms with Gasteiger partial charge in [0.15, 0.2) is 5.82 Å². The third-order valence-electron chi connectivity index (χ3n) is 3.84. The van der Waals surface area contributed by atoms with Gasteiger partial charge in [-0.05, 0) is 34.8 Å². The number of carbonyl (C=O) groups is 1. The number of nitrogens with one attached hydrogen (secondary N) is 1. The number of carbonyl (C=O) groups excluding carboxylic acids is 1. The van der Waals surface area contributed by atoms with Gasteiger partial charge in [-0.1, -0.05) is 24.9 Å². The van der Waals surface area contributed by atoms with Crippen LogP contribution >= 0.6 is 27.3 Å². The number of nitrogens with zero attached hydrogens (tertiary/aromatic N) is 2. The molecule has 2 aromatic rings. The Labute approximate surface area is 135 Å². The van der Waals surface area contributed by atoms with Gasteiger partial charge in [-0.2, -0.15) is 4.98 Å². The van der Waals surface area contributed by atoms with Gasteiger partial charge in [-0.15, -0.1) is 11.3 Å². The molecular formula is C14H16BrN3O2S. The highest BCUT2D eigenvalue weighted by atomic mass is 79.9. The lowest BCUT2D eigenvalue weighted by atomic mass is 9.96. The number of hydrogen-bond acceptors (Lipinski definition) is 5. The summed E-state index contributed by atoms with van der Waals surface area (Å²) in [4.78, 5) is 16.9. The lowest BCUT2D eigenvalue weighted by Crippen LogP contribution is -2.44. The second kappa shape index (κ2) is 5.88. The SMILES string of the molecule is CCc1nc(C2(NC(=O)c3csc(Br)c3)CCCC2)no1. The van der Waals surface area contributed by atoms with Crippen molar-refractivity contribution in [3.63, 3.8) is 0 Å². The van der Waals surface area contributed by atoms with E-state index < -0.39 is 5.54 Å². The average molecular weight is 370 g/mol. The molecule has 0 aromatic carbocycles. The Morgan fingerprint density at radius 3 is 2.86 bits per heavy atom. The molecule has 1 saturated carbocycles. The summed E-state index contributed by atoms with van der Waals surface area (Å²) in [6.45, 7) is 1.97. The zero-order valence-electron chi connectivity index (χ0n) is 11.7. The fraction of sp³-hybridized carbons (Fsp3) is 0.500. The maximum Gasteiger partial charge on any atom is 0.252 e. The largest absolute Gasteiger partial charge is 0.339 e. The van der Waals surface area contributed by atoms with Crippen LogP contribution in [-0.2, 0) is 12.0 Å². The number of aryl methyl sites for hydroxylation is 1. The highest BCUT2D eigenvalue weighted by Crippen LogP contribution is 2.37. The molecule has 0 saturated heterocycles. The van der Waals surface area contributed by atoms with E-state index in [1.54, 1.807) is 0 Å². The second-order valence-corrected chi connectivity index (χ2v) is 7.54. The summed E-state index contributed by atoms with van der Waals surface area (Å²) in [6.07, 6.45) is 4.53. The maximum atomic E-state index is 12.5. The molecule has 3 rings (SSSR count). The monoisotopic (exact) mass is 369 g/mol. The van der Waals surface area contributed by atoms with Gasteiger partial charge in [0.2, 0.25) is 5.89 Å². The highest BCUT2D eigenvalue weighted by Gasteiger charge is 2.41. The Balaban J connectivity index is 1.85. The molecule has 2 heterocycles. The molecule has 2 aromatic heterocycles. The van der Waals surface area contributed by atoms with Crippen molar-refractivity contribution in [2.75, 3.05) is 0 Å². The van der Waals surface area contributed by atoms with Crippen molar-refractivity contribution in [1.82, 2.24) is 15.5 Å². The minimum Gasteiger partial charge on any atom is -0.339 e. The van der Waals surface area contributed by atoms with Gasteiger partial charge in [0.25, 0.3) is 5.91 Å². The highest BCUT2D eigenvalue weighted by molar-refractivity contribution is 9.11. The van der Waals surface area contributed by atoms with Gasteiger partial charge in [-0.25, -0.2) is 0 Å². The van der Waals surface area contributed by atoms with E-state index in [4.69, 9.17) is 4.52 Å². The number of hydrogen-bond donors (Lipinski definition) is 1. The molecule has 0 spiro atoms. The zero-order chi connectivity index (χ0) is 14.9. The quantitative estimate of drug-likeness (QED) is 0.892. The molecule has 0 unspecified atom stereocenters. The summed E-state index contributed by atoms with van der Waals surface area (Å²) in [7, 11) is 0. The molecule has 1 aliphatic carbocycles. The van der Waals surface area contributed by atoms with Gasteiger partial charge >= 0.3 is 0 Å². The van der Waals surface area contributed by atoms with Crippen LogP contribution in [0.15, 0.2) is 19.8 Å². The van der Waals surface area contributed by atoms with Crippen LogP contribution in [0.2, 0.25) is 0 Å². The number of amides is 1. The van der Waals surface area contributed by atoms with Crippen LogP contribution in [0.4, 0.5) is 0 Å². The van der Waals surface area contributed by atoms with Crippen molar-refractivity contribution in [3.05, 3.63) is 32.5 Å². The van der Waals surface area contributed by atoms with E-state index in [0.29, 0.717) is 23.7 Å². The van der Waals surface area contributed by atoms with Gasteiger partial charge in [-0.3, -0.25) is 4.79 Å². The molecule has 5 nitrogen and oxygen atoms in total. The fourth-order valence-corrected chi connectivity index (χ4v) is 3.83. The van der Waals surface area contributed by atoms with Crippen molar-refractivity contribution in [2.24, 2.45) is 0 Å². The topological polar surface area (TPSA) is 68.0 Å². The summed E-state index contributed by atoms with van der Waals surface area (Å²) in [5, 5.41) is 9.07. The smallest absolute Gasteiger partial charge is 0.252 e. The minimum atomic E-state index is -0.484. The first-order valence-electron chi connectivity index (χ1n) is 7.02. The number of halogens is 1. The first kappa shape index (κ1) is 14.7. The average Bonchev–Trinajstić information content (AvgIpc) is 3.17. The van der Waals surface area contributed by atoms with E-state index in [2.05, 4.69) is 31.4 Å². The third kappa shape index (κ3) is 2.89. The Morgan fingerprint density at radius 2 is 2.29 bits per heavy atom. The summed E-state index contributed by atoms with van der Waals surface area (Å²) in [6, 6.07) is 1.83. The van der Waals surface area contributed by atoms with Crippen LogP contribution in [-0.4, -0.2) is 16.0 Å². The zero-order valence-corrected chi connectivity index (χ0v) is 14.1. The van der Waals surface area contributed by atoms with E-state index in [-0.39, 0.29) is 5.91 Å². The molecule has 1 aliphatic rings. The van der Waals surface area contributed by atoms with Crippen LogP contribution in [0.5, 0.6) is 0 Å². The molecule has 1 amide bonds. The van der Waals surface area contributed by atoms with Crippen LogP contribution in [0.3, 0.4) is 0 Å². The first-order chi connectivity index (χ1) is 10.1. The first-order valence-corrected chi connectivity index (χ1v) is 8.70. The standard InChI is InChI=1S/C14H16BrN3O2S/c1-2-11-16-13(18-20-11)14(5-3-4-6-14)17-12(19)9-7-10(15)21-8-9/h7-8H,2-6H2,1H3,(H,17,19). The molecule has 0 radical (unpaired) electrons. The Morgan fingerprint density at radius 1 is 1.52 bits per heavy atom. The second-order valence-electron chi connectivity index (χ2n) is 5.25. The third-order valence-corrected chi connectivity index (χ3v) is 5.34. The normalized spacial score (nSPS) is 17.0. The van der Waals surface area contributed by atoms with Gasteiger partial charge in [0.1, 0.15) is 5.54 Å². The van der Waals surface area contributed by atoms with Gasteiger partial charge in [0, 0.05) is 11.8 Å². The van der Waals surface area contributed by atoms with Crippen molar-refractivity contribution in [2.45, 2.75) is 44.6 Å². The predicted molar refractivity (Wildman–Crippen MR) is 83.3 cm³/mol. The molecule has 0 bridgehead atoms. The van der Waals surface area contributed by atoms with Crippen molar-refractivity contribution in [3.8, 4) is 0 Å².